The molecule has 1 fully saturated rings. The van der Waals surface area contributed by atoms with Gasteiger partial charge in [0.05, 0.1) is 6.61 Å². The number of carbonyl (C=O) groups excluding carboxylic acids is 1. The Morgan fingerprint density at radius 2 is 2.24 bits per heavy atom. The van der Waals surface area contributed by atoms with Gasteiger partial charge in [-0.2, -0.15) is 0 Å². The number of allylic oxidation sites excluding steroid dienone is 1. The quantitative estimate of drug-likeness (QED) is 0.773. The second-order valence-electron chi connectivity index (χ2n) is 5.54. The minimum Gasteiger partial charge on any atom is -0.489 e. The molecule has 4 nitrogen and oxygen atoms in total. The summed E-state index contributed by atoms with van der Waals surface area (Å²) < 4.78 is 5.88. The molecule has 1 aromatic rings. The standard InChI is InChI=1S/C17H24N2O2/c1-2-3-11-16(20)19-17-15(10-7-12-18-17)21-13-14-8-5-4-6-9-14/h2,7,10,12,14H,1,3-6,8-9,11,13H2,(H,18,19,20). The van der Waals surface area contributed by atoms with Crippen LogP contribution in [0.4, 0.5) is 5.82 Å². The van der Waals surface area contributed by atoms with Crippen LogP contribution in [0.25, 0.3) is 0 Å². The average Bonchev–Trinajstić information content (AvgIpc) is 2.53. The fourth-order valence-corrected chi connectivity index (χ4v) is 2.59. The molecule has 1 N–H and O–H groups in total. The molecule has 4 heteroatoms. The van der Waals surface area contributed by atoms with Gasteiger partial charge < -0.3 is 10.1 Å². The molecular weight excluding hydrogens is 264 g/mol. The first-order chi connectivity index (χ1) is 10.3. The van der Waals surface area contributed by atoms with Crippen LogP contribution in [0.2, 0.25) is 0 Å². The Labute approximate surface area is 126 Å². The summed E-state index contributed by atoms with van der Waals surface area (Å²) in [5.74, 6) is 1.75. The minimum absolute atomic E-state index is 0.0592. The monoisotopic (exact) mass is 288 g/mol. The van der Waals surface area contributed by atoms with E-state index >= 15 is 0 Å². The normalized spacial score (nSPS) is 15.4. The summed E-state index contributed by atoms with van der Waals surface area (Å²) in [5.41, 5.74) is 0. The van der Waals surface area contributed by atoms with Crippen molar-refractivity contribution in [3.8, 4) is 5.75 Å². The van der Waals surface area contributed by atoms with Gasteiger partial charge in [-0.3, -0.25) is 4.79 Å². The van der Waals surface area contributed by atoms with Gasteiger partial charge in [0.15, 0.2) is 11.6 Å². The Morgan fingerprint density at radius 1 is 1.43 bits per heavy atom. The lowest BCUT2D eigenvalue weighted by Gasteiger charge is -2.22. The van der Waals surface area contributed by atoms with E-state index in [9.17, 15) is 4.79 Å². The van der Waals surface area contributed by atoms with Crippen LogP contribution in [0.5, 0.6) is 5.75 Å². The molecule has 0 radical (unpaired) electrons. The van der Waals surface area contributed by atoms with Crippen molar-refractivity contribution in [2.24, 2.45) is 5.92 Å². The summed E-state index contributed by atoms with van der Waals surface area (Å²) in [4.78, 5) is 16.0. The third kappa shape index (κ3) is 5.21. The number of aromatic nitrogens is 1. The highest BCUT2D eigenvalue weighted by Gasteiger charge is 2.15. The molecule has 1 saturated carbocycles. The van der Waals surface area contributed by atoms with E-state index in [1.807, 2.05) is 12.1 Å². The molecule has 0 spiro atoms. The molecule has 1 aliphatic rings. The number of hydrogen-bond donors (Lipinski definition) is 1. The van der Waals surface area contributed by atoms with E-state index in [1.165, 1.54) is 32.1 Å². The predicted octanol–water partition coefficient (Wildman–Crippen LogP) is 3.95. The summed E-state index contributed by atoms with van der Waals surface area (Å²) in [6.07, 6.45) is 10.9. The van der Waals surface area contributed by atoms with Crippen molar-refractivity contribution in [1.29, 1.82) is 0 Å². The van der Waals surface area contributed by atoms with Crippen LogP contribution in [0.3, 0.4) is 0 Å². The van der Waals surface area contributed by atoms with E-state index in [4.69, 9.17) is 4.74 Å². The molecule has 0 unspecified atom stereocenters. The second-order valence-corrected chi connectivity index (χ2v) is 5.54. The molecule has 0 saturated heterocycles. The Hall–Kier alpha value is -1.84. The van der Waals surface area contributed by atoms with Crippen molar-refractivity contribution >= 4 is 11.7 Å². The number of nitrogens with zero attached hydrogens (tertiary/aromatic N) is 1. The summed E-state index contributed by atoms with van der Waals surface area (Å²) in [7, 11) is 0. The smallest absolute Gasteiger partial charge is 0.225 e. The lowest BCUT2D eigenvalue weighted by Crippen LogP contribution is -2.17. The van der Waals surface area contributed by atoms with Gasteiger partial charge in [0, 0.05) is 12.6 Å². The number of hydrogen-bond acceptors (Lipinski definition) is 3. The lowest BCUT2D eigenvalue weighted by atomic mass is 9.90. The van der Waals surface area contributed by atoms with Gasteiger partial charge in [-0.15, -0.1) is 6.58 Å². The lowest BCUT2D eigenvalue weighted by molar-refractivity contribution is -0.116. The molecule has 0 bridgehead atoms. The second kappa shape index (κ2) is 8.45. The van der Waals surface area contributed by atoms with Gasteiger partial charge in [-0.25, -0.2) is 4.98 Å². The summed E-state index contributed by atoms with van der Waals surface area (Å²) in [6.45, 7) is 4.33. The van der Waals surface area contributed by atoms with Gasteiger partial charge in [0.1, 0.15) is 0 Å². The van der Waals surface area contributed by atoms with Crippen LogP contribution in [0, 0.1) is 5.92 Å². The number of rotatable bonds is 7. The van der Waals surface area contributed by atoms with Crippen molar-refractivity contribution < 1.29 is 9.53 Å². The van der Waals surface area contributed by atoms with Gasteiger partial charge in [-0.05, 0) is 37.3 Å². The number of amides is 1. The molecule has 1 heterocycles. The summed E-state index contributed by atoms with van der Waals surface area (Å²) in [6, 6.07) is 3.69. The molecule has 0 aliphatic heterocycles. The van der Waals surface area contributed by atoms with Crippen molar-refractivity contribution in [1.82, 2.24) is 4.98 Å². The van der Waals surface area contributed by atoms with Gasteiger partial charge in [-0.1, -0.05) is 25.3 Å². The average molecular weight is 288 g/mol. The first-order valence-corrected chi connectivity index (χ1v) is 7.78. The number of ether oxygens (including phenoxy) is 1. The highest BCUT2D eigenvalue weighted by molar-refractivity contribution is 5.91. The molecule has 0 aromatic carbocycles. The van der Waals surface area contributed by atoms with Crippen LogP contribution in [-0.4, -0.2) is 17.5 Å². The van der Waals surface area contributed by atoms with E-state index in [1.54, 1.807) is 12.3 Å². The minimum atomic E-state index is -0.0592. The topological polar surface area (TPSA) is 51.2 Å². The van der Waals surface area contributed by atoms with E-state index in [-0.39, 0.29) is 5.91 Å². The van der Waals surface area contributed by atoms with Crippen molar-refractivity contribution in [2.45, 2.75) is 44.9 Å². The van der Waals surface area contributed by atoms with E-state index in [0.29, 0.717) is 36.9 Å². The maximum atomic E-state index is 11.8. The van der Waals surface area contributed by atoms with Crippen LogP contribution in [-0.2, 0) is 4.79 Å². The number of anilines is 1. The molecule has 1 aromatic heterocycles. The van der Waals surface area contributed by atoms with Crippen LogP contribution < -0.4 is 10.1 Å². The third-order valence-electron chi connectivity index (χ3n) is 3.80. The molecule has 114 valence electrons. The zero-order valence-corrected chi connectivity index (χ0v) is 12.5. The molecule has 2 rings (SSSR count). The van der Waals surface area contributed by atoms with Crippen molar-refractivity contribution in [2.75, 3.05) is 11.9 Å². The zero-order valence-electron chi connectivity index (χ0n) is 12.5. The third-order valence-corrected chi connectivity index (χ3v) is 3.80. The maximum Gasteiger partial charge on any atom is 0.225 e. The number of nitrogens with one attached hydrogen (secondary N) is 1. The van der Waals surface area contributed by atoms with Gasteiger partial charge in [0.2, 0.25) is 5.91 Å². The number of carbonyl (C=O) groups is 1. The molecule has 0 atom stereocenters. The van der Waals surface area contributed by atoms with E-state index in [2.05, 4.69) is 16.9 Å². The number of pyridine rings is 1. The zero-order chi connectivity index (χ0) is 14.9. The van der Waals surface area contributed by atoms with Crippen molar-refractivity contribution in [3.05, 3.63) is 31.0 Å². The van der Waals surface area contributed by atoms with Crippen LogP contribution >= 0.6 is 0 Å². The Bertz CT molecular complexity index is 468. The fourth-order valence-electron chi connectivity index (χ4n) is 2.59. The van der Waals surface area contributed by atoms with Gasteiger partial charge in [0.25, 0.3) is 0 Å². The SMILES string of the molecule is C=CCCC(=O)Nc1ncccc1OCC1CCCCC1. The van der Waals surface area contributed by atoms with Crippen LogP contribution in [0.1, 0.15) is 44.9 Å². The highest BCUT2D eigenvalue weighted by atomic mass is 16.5. The highest BCUT2D eigenvalue weighted by Crippen LogP contribution is 2.27. The Balaban J connectivity index is 1.89. The Kier molecular flexibility index (Phi) is 6.25. The maximum absolute atomic E-state index is 11.8. The van der Waals surface area contributed by atoms with E-state index < -0.39 is 0 Å². The Morgan fingerprint density at radius 3 is 3.00 bits per heavy atom. The van der Waals surface area contributed by atoms with Crippen LogP contribution in [0.15, 0.2) is 31.0 Å². The summed E-state index contributed by atoms with van der Waals surface area (Å²) >= 11 is 0. The van der Waals surface area contributed by atoms with Crippen molar-refractivity contribution in [3.63, 3.8) is 0 Å². The molecule has 21 heavy (non-hydrogen) atoms. The predicted molar refractivity (Wildman–Crippen MR) is 84.4 cm³/mol. The molecular formula is C17H24N2O2. The van der Waals surface area contributed by atoms with Gasteiger partial charge >= 0.3 is 0 Å². The van der Waals surface area contributed by atoms with E-state index in [0.717, 1.165) is 0 Å². The summed E-state index contributed by atoms with van der Waals surface area (Å²) in [5, 5.41) is 2.81. The largest absolute Gasteiger partial charge is 0.489 e. The first-order valence-electron chi connectivity index (χ1n) is 7.78. The fraction of sp³-hybridized carbons (Fsp3) is 0.529. The first kappa shape index (κ1) is 15.5. The molecule has 1 aliphatic carbocycles. The molecule has 1 amide bonds.